The zero-order valence-corrected chi connectivity index (χ0v) is 9.37. The average molecular weight is 296 g/mol. The van der Waals surface area contributed by atoms with Crippen LogP contribution in [-0.2, 0) is 0 Å². The van der Waals surface area contributed by atoms with Crippen LogP contribution in [0.5, 0.6) is 0 Å². The Morgan fingerprint density at radius 2 is 2.00 bits per heavy atom. The van der Waals surface area contributed by atoms with Crippen molar-refractivity contribution < 1.29 is 9.18 Å². The number of halogens is 3. The summed E-state index contributed by atoms with van der Waals surface area (Å²) in [6.07, 6.45) is 0. The Labute approximate surface area is 86.2 Å². The van der Waals surface area contributed by atoms with Crippen molar-refractivity contribution in [1.29, 1.82) is 0 Å². The van der Waals surface area contributed by atoms with Gasteiger partial charge in [0.25, 0.3) is 0 Å². The molecule has 0 aliphatic heterocycles. The van der Waals surface area contributed by atoms with Gasteiger partial charge in [-0.2, -0.15) is 0 Å². The number of carbonyl (C=O) groups is 1. The van der Waals surface area contributed by atoms with Crippen molar-refractivity contribution in [1.82, 2.24) is 0 Å². The van der Waals surface area contributed by atoms with Gasteiger partial charge in [-0.15, -0.1) is 0 Å². The molecule has 0 aliphatic carbocycles. The molecule has 1 nitrogen and oxygen atoms in total. The summed E-state index contributed by atoms with van der Waals surface area (Å²) in [4.78, 5) is 10.9. The number of hydrogen-bond donors (Lipinski definition) is 0. The van der Waals surface area contributed by atoms with Gasteiger partial charge in [-0.3, -0.25) is 4.79 Å². The van der Waals surface area contributed by atoms with Crippen molar-refractivity contribution >= 4 is 37.6 Å². The van der Waals surface area contributed by atoms with Crippen molar-refractivity contribution in [2.75, 3.05) is 0 Å². The molecule has 0 spiro atoms. The van der Waals surface area contributed by atoms with Crippen LogP contribution in [-0.4, -0.2) is 5.78 Å². The largest absolute Gasteiger partial charge is 0.294 e. The fourth-order valence-electron chi connectivity index (χ4n) is 0.879. The summed E-state index contributed by atoms with van der Waals surface area (Å²) in [5, 5.41) is 0. The Morgan fingerprint density at radius 3 is 2.42 bits per heavy atom. The van der Waals surface area contributed by atoms with Gasteiger partial charge in [-0.05, 0) is 35.0 Å². The summed E-state index contributed by atoms with van der Waals surface area (Å²) in [6.45, 7) is 1.33. The van der Waals surface area contributed by atoms with Crippen LogP contribution in [0.15, 0.2) is 21.1 Å². The molecule has 0 aliphatic rings. The quantitative estimate of drug-likeness (QED) is 0.724. The molecule has 1 aromatic rings. The van der Waals surface area contributed by atoms with E-state index in [1.807, 2.05) is 0 Å². The summed E-state index contributed by atoms with van der Waals surface area (Å²) >= 11 is 6.22. The Morgan fingerprint density at radius 1 is 1.42 bits per heavy atom. The first-order chi connectivity index (χ1) is 5.52. The van der Waals surface area contributed by atoms with E-state index in [0.717, 1.165) is 0 Å². The van der Waals surface area contributed by atoms with E-state index in [-0.39, 0.29) is 11.3 Å². The standard InChI is InChI=1S/C8H5Br2FO/c1-4(12)8-6(10)2-5(9)3-7(8)11/h2-3H,1H3. The minimum atomic E-state index is -0.510. The molecule has 1 rings (SSSR count). The summed E-state index contributed by atoms with van der Waals surface area (Å²) in [7, 11) is 0. The Balaban J connectivity index is 3.38. The lowest BCUT2D eigenvalue weighted by molar-refractivity contribution is 0.101. The van der Waals surface area contributed by atoms with Gasteiger partial charge < -0.3 is 0 Å². The lowest BCUT2D eigenvalue weighted by Gasteiger charge is -2.02. The molecule has 0 fully saturated rings. The highest BCUT2D eigenvalue weighted by atomic mass is 79.9. The monoisotopic (exact) mass is 294 g/mol. The van der Waals surface area contributed by atoms with Gasteiger partial charge in [0.05, 0.1) is 5.56 Å². The molecule has 0 saturated heterocycles. The summed E-state index contributed by atoms with van der Waals surface area (Å²) in [6, 6.07) is 2.90. The molecular formula is C8H5Br2FO. The van der Waals surface area contributed by atoms with Crippen LogP contribution < -0.4 is 0 Å². The normalized spacial score (nSPS) is 10.0. The predicted octanol–water partition coefficient (Wildman–Crippen LogP) is 3.55. The molecule has 0 N–H and O–H groups in total. The molecule has 64 valence electrons. The first kappa shape index (κ1) is 9.86. The first-order valence-corrected chi connectivity index (χ1v) is 4.76. The summed E-state index contributed by atoms with van der Waals surface area (Å²) in [5.41, 5.74) is 0.0956. The van der Waals surface area contributed by atoms with Gasteiger partial charge in [0.2, 0.25) is 0 Å². The average Bonchev–Trinajstić information content (AvgIpc) is 1.82. The number of benzene rings is 1. The van der Waals surface area contributed by atoms with Gasteiger partial charge in [0.1, 0.15) is 5.82 Å². The third-order valence-corrected chi connectivity index (χ3v) is 2.44. The molecule has 0 saturated carbocycles. The van der Waals surface area contributed by atoms with Crippen LogP contribution in [0.2, 0.25) is 0 Å². The van der Waals surface area contributed by atoms with Crippen LogP contribution in [0.1, 0.15) is 17.3 Å². The van der Waals surface area contributed by atoms with Crippen molar-refractivity contribution in [2.24, 2.45) is 0 Å². The van der Waals surface area contributed by atoms with Crippen LogP contribution in [0, 0.1) is 5.82 Å². The molecular weight excluding hydrogens is 291 g/mol. The van der Waals surface area contributed by atoms with Crippen LogP contribution >= 0.6 is 31.9 Å². The minimum Gasteiger partial charge on any atom is -0.294 e. The molecule has 0 aromatic heterocycles. The highest BCUT2D eigenvalue weighted by molar-refractivity contribution is 9.11. The highest BCUT2D eigenvalue weighted by Gasteiger charge is 2.12. The van der Waals surface area contributed by atoms with Crippen LogP contribution in [0.25, 0.3) is 0 Å². The second-order valence-corrected chi connectivity index (χ2v) is 4.07. The summed E-state index contributed by atoms with van der Waals surface area (Å²) in [5.74, 6) is -0.796. The molecule has 1 aromatic carbocycles. The maximum Gasteiger partial charge on any atom is 0.163 e. The van der Waals surface area contributed by atoms with E-state index in [1.54, 1.807) is 6.07 Å². The SMILES string of the molecule is CC(=O)c1c(F)cc(Br)cc1Br. The Hall–Kier alpha value is -0.220. The van der Waals surface area contributed by atoms with E-state index >= 15 is 0 Å². The molecule has 0 atom stereocenters. The van der Waals surface area contributed by atoms with E-state index in [2.05, 4.69) is 31.9 Å². The Bertz CT molecular complexity index is 313. The van der Waals surface area contributed by atoms with Crippen molar-refractivity contribution in [2.45, 2.75) is 6.92 Å². The van der Waals surface area contributed by atoms with E-state index in [0.29, 0.717) is 8.95 Å². The van der Waals surface area contributed by atoms with Crippen molar-refractivity contribution in [3.8, 4) is 0 Å². The third kappa shape index (κ3) is 1.93. The lowest BCUT2D eigenvalue weighted by atomic mass is 10.1. The van der Waals surface area contributed by atoms with E-state index in [1.165, 1.54) is 13.0 Å². The van der Waals surface area contributed by atoms with Crippen LogP contribution in [0.3, 0.4) is 0 Å². The van der Waals surface area contributed by atoms with E-state index in [4.69, 9.17) is 0 Å². The molecule has 0 amide bonds. The number of carbonyl (C=O) groups excluding carboxylic acids is 1. The van der Waals surface area contributed by atoms with Crippen molar-refractivity contribution in [3.63, 3.8) is 0 Å². The number of Topliss-reactive ketones (excluding diaryl/α,β-unsaturated/α-hetero) is 1. The fourth-order valence-corrected chi connectivity index (χ4v) is 2.33. The minimum absolute atomic E-state index is 0.0956. The molecule has 0 heterocycles. The predicted molar refractivity (Wildman–Crippen MR) is 51.8 cm³/mol. The summed E-state index contributed by atoms with van der Waals surface area (Å²) < 4.78 is 14.2. The lowest BCUT2D eigenvalue weighted by Crippen LogP contribution is -1.98. The zero-order chi connectivity index (χ0) is 9.30. The van der Waals surface area contributed by atoms with Gasteiger partial charge >= 0.3 is 0 Å². The Kier molecular flexibility index (Phi) is 3.01. The van der Waals surface area contributed by atoms with Gasteiger partial charge in [-0.1, -0.05) is 15.9 Å². The highest BCUT2D eigenvalue weighted by Crippen LogP contribution is 2.25. The zero-order valence-electron chi connectivity index (χ0n) is 6.20. The maximum atomic E-state index is 13.1. The topological polar surface area (TPSA) is 17.1 Å². The maximum absolute atomic E-state index is 13.1. The number of ketones is 1. The molecule has 4 heteroatoms. The molecule has 0 unspecified atom stereocenters. The molecule has 0 radical (unpaired) electrons. The smallest absolute Gasteiger partial charge is 0.163 e. The number of hydrogen-bond acceptors (Lipinski definition) is 1. The van der Waals surface area contributed by atoms with Crippen molar-refractivity contribution in [3.05, 3.63) is 32.5 Å². The van der Waals surface area contributed by atoms with E-state index in [9.17, 15) is 9.18 Å². The van der Waals surface area contributed by atoms with Crippen LogP contribution in [0.4, 0.5) is 4.39 Å². The van der Waals surface area contributed by atoms with Gasteiger partial charge in [-0.25, -0.2) is 4.39 Å². The second-order valence-electron chi connectivity index (χ2n) is 2.30. The molecule has 0 bridgehead atoms. The van der Waals surface area contributed by atoms with E-state index < -0.39 is 5.82 Å². The molecule has 12 heavy (non-hydrogen) atoms. The van der Waals surface area contributed by atoms with Gasteiger partial charge in [0, 0.05) is 8.95 Å². The fraction of sp³-hybridized carbons (Fsp3) is 0.125. The number of rotatable bonds is 1. The third-order valence-electron chi connectivity index (χ3n) is 1.36. The second kappa shape index (κ2) is 3.66. The first-order valence-electron chi connectivity index (χ1n) is 3.18. The van der Waals surface area contributed by atoms with Gasteiger partial charge in [0.15, 0.2) is 5.78 Å².